The number of rotatable bonds is 4. The summed E-state index contributed by atoms with van der Waals surface area (Å²) in [5.74, 6) is 1.99. The normalized spacial score (nSPS) is 14.6. The molecule has 186 valence electrons. The van der Waals surface area contributed by atoms with Crippen molar-refractivity contribution in [3.8, 4) is 21.2 Å². The van der Waals surface area contributed by atoms with Crippen LogP contribution in [0.3, 0.4) is 0 Å². The summed E-state index contributed by atoms with van der Waals surface area (Å²) in [5.41, 5.74) is 5.32. The third-order valence-electron chi connectivity index (χ3n) is 6.15. The van der Waals surface area contributed by atoms with Crippen molar-refractivity contribution in [3.05, 3.63) is 71.8 Å². The van der Waals surface area contributed by atoms with Crippen molar-refractivity contribution in [2.24, 2.45) is 9.98 Å². The highest BCUT2D eigenvalue weighted by atomic mass is 32.1. The number of nitrogens with zero attached hydrogens (tertiary/aromatic N) is 2. The van der Waals surface area contributed by atoms with E-state index < -0.39 is 5.97 Å². The fourth-order valence-corrected chi connectivity index (χ4v) is 5.43. The number of H-pyrrole nitrogens is 1. The largest absolute Gasteiger partial charge is 0.481 e. The van der Waals surface area contributed by atoms with E-state index in [9.17, 15) is 0 Å². The SMILES string of the molecule is CC(=O)O.c1cc2cc(-c3ccc(-c4cc5ccc(C6=NCCN6)cc5o4)s3)[nH]c2cc1C1=NCCN1. The molecule has 3 aromatic heterocycles. The third kappa shape index (κ3) is 4.73. The Balaban J connectivity index is 0.000000590. The number of benzene rings is 2. The number of carboxylic acids is 1. The second-order valence-corrected chi connectivity index (χ2v) is 9.93. The molecule has 0 aliphatic carbocycles. The van der Waals surface area contributed by atoms with Crippen molar-refractivity contribution >= 4 is 50.8 Å². The molecule has 0 bridgehead atoms. The van der Waals surface area contributed by atoms with Gasteiger partial charge < -0.3 is 25.1 Å². The Bertz CT molecular complexity index is 1570. The molecule has 0 saturated carbocycles. The molecule has 5 heterocycles. The number of fused-ring (bicyclic) bond motifs is 2. The molecule has 2 aliphatic heterocycles. The lowest BCUT2D eigenvalue weighted by Gasteiger charge is -2.01. The van der Waals surface area contributed by atoms with E-state index in [4.69, 9.17) is 14.3 Å². The third-order valence-corrected chi connectivity index (χ3v) is 7.29. The Labute approximate surface area is 216 Å². The van der Waals surface area contributed by atoms with Crippen LogP contribution in [0.4, 0.5) is 0 Å². The Morgan fingerprint density at radius 1 is 0.865 bits per heavy atom. The topological polar surface area (TPSA) is 115 Å². The summed E-state index contributed by atoms with van der Waals surface area (Å²) in [7, 11) is 0. The number of nitrogens with one attached hydrogen (secondary N) is 3. The molecule has 0 atom stereocenters. The molecule has 4 N–H and O–H groups in total. The zero-order chi connectivity index (χ0) is 25.4. The van der Waals surface area contributed by atoms with E-state index in [1.807, 2.05) is 0 Å². The van der Waals surface area contributed by atoms with Crippen LogP contribution in [0.1, 0.15) is 18.1 Å². The van der Waals surface area contributed by atoms with Crippen LogP contribution in [-0.4, -0.2) is 53.9 Å². The number of hydrogen-bond donors (Lipinski definition) is 4. The van der Waals surface area contributed by atoms with Crippen molar-refractivity contribution in [2.45, 2.75) is 6.92 Å². The summed E-state index contributed by atoms with van der Waals surface area (Å²) in [6, 6.07) is 21.4. The number of carbonyl (C=O) groups is 1. The smallest absolute Gasteiger partial charge is 0.300 e. The number of aliphatic carboxylic acids is 1. The number of aromatic nitrogens is 1. The minimum atomic E-state index is -0.833. The molecule has 2 aromatic carbocycles. The highest BCUT2D eigenvalue weighted by Gasteiger charge is 2.15. The first-order chi connectivity index (χ1) is 18.0. The van der Waals surface area contributed by atoms with Gasteiger partial charge in [-0.25, -0.2) is 0 Å². The van der Waals surface area contributed by atoms with Crippen molar-refractivity contribution in [2.75, 3.05) is 26.2 Å². The molecular weight excluding hydrogens is 486 g/mol. The molecule has 0 fully saturated rings. The highest BCUT2D eigenvalue weighted by Crippen LogP contribution is 2.38. The van der Waals surface area contributed by atoms with E-state index in [0.29, 0.717) is 0 Å². The van der Waals surface area contributed by atoms with Crippen LogP contribution < -0.4 is 10.6 Å². The van der Waals surface area contributed by atoms with Crippen LogP contribution in [0, 0.1) is 0 Å². The standard InChI is InChI=1S/C26H21N5OS.C2H4O2/c1-3-17(25-27-7-8-28-25)12-19-15(1)11-20(31-19)23-5-6-24(33-23)22-13-16-2-4-18(14-21(16)32-22)26-29-9-10-30-26;1-2(3)4/h1-6,11-14,31H,7-10H2,(H,27,28)(H,29,30);1H3,(H,3,4). The van der Waals surface area contributed by atoms with Crippen LogP contribution in [0.15, 0.2) is 75.1 Å². The number of aromatic amines is 1. The van der Waals surface area contributed by atoms with Crippen LogP contribution in [0.5, 0.6) is 0 Å². The van der Waals surface area contributed by atoms with Crippen molar-refractivity contribution < 1.29 is 14.3 Å². The molecule has 0 amide bonds. The maximum absolute atomic E-state index is 9.00. The van der Waals surface area contributed by atoms with Gasteiger partial charge in [0.05, 0.1) is 28.5 Å². The van der Waals surface area contributed by atoms with E-state index >= 15 is 0 Å². The van der Waals surface area contributed by atoms with E-state index in [0.717, 1.165) is 88.7 Å². The minimum absolute atomic E-state index is 0.829. The van der Waals surface area contributed by atoms with Crippen molar-refractivity contribution in [3.63, 3.8) is 0 Å². The summed E-state index contributed by atoms with van der Waals surface area (Å²) < 4.78 is 6.23. The number of amidine groups is 2. The van der Waals surface area contributed by atoms with Gasteiger partial charge in [0, 0.05) is 47.4 Å². The number of hydrogen-bond acceptors (Lipinski definition) is 7. The average molecular weight is 512 g/mol. The second kappa shape index (κ2) is 9.59. The van der Waals surface area contributed by atoms with Crippen LogP contribution in [0.2, 0.25) is 0 Å². The molecular formula is C28H25N5O3S. The Morgan fingerprint density at radius 2 is 1.51 bits per heavy atom. The summed E-state index contributed by atoms with van der Waals surface area (Å²) in [4.78, 5) is 23.9. The molecule has 7 rings (SSSR count). The van der Waals surface area contributed by atoms with E-state index in [2.05, 4.69) is 86.3 Å². The predicted molar refractivity (Wildman–Crippen MR) is 149 cm³/mol. The van der Waals surface area contributed by atoms with Crippen molar-refractivity contribution in [1.29, 1.82) is 0 Å². The molecule has 0 radical (unpaired) electrons. The lowest BCUT2D eigenvalue weighted by atomic mass is 10.1. The zero-order valence-corrected chi connectivity index (χ0v) is 21.0. The van der Waals surface area contributed by atoms with Gasteiger partial charge in [0.15, 0.2) is 0 Å². The fraction of sp³-hybridized carbons (Fsp3) is 0.179. The summed E-state index contributed by atoms with van der Waals surface area (Å²) in [6.45, 7) is 4.57. The molecule has 8 nitrogen and oxygen atoms in total. The second-order valence-electron chi connectivity index (χ2n) is 8.85. The van der Waals surface area contributed by atoms with Gasteiger partial charge in [-0.15, -0.1) is 11.3 Å². The minimum Gasteiger partial charge on any atom is -0.481 e. The lowest BCUT2D eigenvalue weighted by Crippen LogP contribution is -2.19. The molecule has 0 spiro atoms. The van der Waals surface area contributed by atoms with E-state index in [1.165, 1.54) is 10.3 Å². The monoisotopic (exact) mass is 511 g/mol. The molecule has 9 heteroatoms. The molecule has 0 saturated heterocycles. The number of thiophene rings is 1. The van der Waals surface area contributed by atoms with Gasteiger partial charge in [-0.1, -0.05) is 24.3 Å². The van der Waals surface area contributed by atoms with Gasteiger partial charge in [0.2, 0.25) is 0 Å². The van der Waals surface area contributed by atoms with Crippen molar-refractivity contribution in [1.82, 2.24) is 15.6 Å². The van der Waals surface area contributed by atoms with Gasteiger partial charge in [-0.2, -0.15) is 0 Å². The number of carboxylic acid groups (broad SMARTS) is 1. The first kappa shape index (κ1) is 23.1. The molecule has 0 unspecified atom stereocenters. The fourth-order valence-electron chi connectivity index (χ4n) is 4.50. The quantitative estimate of drug-likeness (QED) is 0.268. The Morgan fingerprint density at radius 3 is 2.19 bits per heavy atom. The average Bonchev–Trinajstić information content (AvgIpc) is 3.72. The number of aliphatic imine (C=N–C) groups is 2. The molecule has 37 heavy (non-hydrogen) atoms. The summed E-state index contributed by atoms with van der Waals surface area (Å²) in [6.07, 6.45) is 0. The summed E-state index contributed by atoms with van der Waals surface area (Å²) >= 11 is 1.73. The molecule has 2 aliphatic rings. The zero-order valence-electron chi connectivity index (χ0n) is 20.2. The molecule has 5 aromatic rings. The first-order valence-electron chi connectivity index (χ1n) is 12.1. The van der Waals surface area contributed by atoms with Gasteiger partial charge >= 0.3 is 0 Å². The summed E-state index contributed by atoms with van der Waals surface area (Å²) in [5, 5.41) is 16.4. The first-order valence-corrected chi connectivity index (χ1v) is 12.9. The Hall–Kier alpha value is -4.37. The Kier molecular flexibility index (Phi) is 5.97. The van der Waals surface area contributed by atoms with Crippen LogP contribution in [0.25, 0.3) is 43.1 Å². The van der Waals surface area contributed by atoms with Gasteiger partial charge in [-0.3, -0.25) is 14.8 Å². The lowest BCUT2D eigenvalue weighted by molar-refractivity contribution is -0.134. The predicted octanol–water partition coefficient (Wildman–Crippen LogP) is 5.10. The van der Waals surface area contributed by atoms with E-state index in [-0.39, 0.29) is 0 Å². The van der Waals surface area contributed by atoms with Gasteiger partial charge in [0.25, 0.3) is 5.97 Å². The van der Waals surface area contributed by atoms with Gasteiger partial charge in [-0.05, 0) is 36.4 Å². The highest BCUT2D eigenvalue weighted by molar-refractivity contribution is 7.18. The van der Waals surface area contributed by atoms with Crippen LogP contribution >= 0.6 is 11.3 Å². The van der Waals surface area contributed by atoms with E-state index in [1.54, 1.807) is 11.3 Å². The maximum Gasteiger partial charge on any atom is 0.300 e. The van der Waals surface area contributed by atoms with Crippen LogP contribution in [-0.2, 0) is 4.79 Å². The van der Waals surface area contributed by atoms with Gasteiger partial charge in [0.1, 0.15) is 23.0 Å². The maximum atomic E-state index is 9.00. The number of furan rings is 1.